The van der Waals surface area contributed by atoms with E-state index in [9.17, 15) is 13.2 Å². The molecule has 1 aliphatic heterocycles. The van der Waals surface area contributed by atoms with Crippen LogP contribution in [0, 0.1) is 0 Å². The molecule has 1 aromatic rings. The lowest BCUT2D eigenvalue weighted by Crippen LogP contribution is -2.52. The first-order chi connectivity index (χ1) is 8.32. The van der Waals surface area contributed by atoms with Crippen molar-refractivity contribution >= 4 is 15.9 Å². The molecular weight excluding hydrogens is 252 g/mol. The highest BCUT2D eigenvalue weighted by atomic mass is 32.2. The van der Waals surface area contributed by atoms with Crippen molar-refractivity contribution in [2.45, 2.75) is 24.3 Å². The quantitative estimate of drug-likeness (QED) is 0.881. The number of hydrogen-bond acceptors (Lipinski definition) is 4. The van der Waals surface area contributed by atoms with E-state index in [4.69, 9.17) is 0 Å². The van der Waals surface area contributed by atoms with Gasteiger partial charge >= 0.3 is 0 Å². The largest absolute Gasteiger partial charge is 0.317 e. The van der Waals surface area contributed by atoms with Crippen molar-refractivity contribution in [3.63, 3.8) is 0 Å². The zero-order valence-corrected chi connectivity index (χ0v) is 11.4. The van der Waals surface area contributed by atoms with Crippen molar-refractivity contribution in [3.8, 4) is 0 Å². The average Bonchev–Trinajstić information content (AvgIpc) is 2.48. The van der Waals surface area contributed by atoms with Gasteiger partial charge in [-0.25, -0.2) is 12.7 Å². The van der Waals surface area contributed by atoms with Gasteiger partial charge in [-0.2, -0.15) is 0 Å². The molecule has 1 aliphatic rings. The first-order valence-electron chi connectivity index (χ1n) is 5.66. The molecule has 0 spiro atoms. The van der Waals surface area contributed by atoms with Crippen molar-refractivity contribution < 1.29 is 13.2 Å². The molecule has 0 aliphatic carbocycles. The highest BCUT2D eigenvalue weighted by Gasteiger charge is 2.48. The molecule has 0 unspecified atom stereocenters. The maximum absolute atomic E-state index is 12.4. The Morgan fingerprint density at radius 3 is 2.44 bits per heavy atom. The summed E-state index contributed by atoms with van der Waals surface area (Å²) < 4.78 is 25.8. The van der Waals surface area contributed by atoms with Crippen LogP contribution in [-0.2, 0) is 10.0 Å². The summed E-state index contributed by atoms with van der Waals surface area (Å²) in [6, 6.07) is 6.31. The Labute approximate surface area is 107 Å². The van der Waals surface area contributed by atoms with Gasteiger partial charge in [0.1, 0.15) is 4.90 Å². The number of nitrogens with one attached hydrogen (secondary N) is 1. The molecule has 1 N–H and O–H groups in total. The van der Waals surface area contributed by atoms with Crippen LogP contribution in [0.3, 0.4) is 0 Å². The highest BCUT2D eigenvalue weighted by Crippen LogP contribution is 2.35. The zero-order valence-electron chi connectivity index (χ0n) is 10.6. The first-order valence-corrected chi connectivity index (χ1v) is 7.10. The number of benzene rings is 1. The van der Waals surface area contributed by atoms with Crippen LogP contribution >= 0.6 is 0 Å². The summed E-state index contributed by atoms with van der Waals surface area (Å²) in [6.07, 6.45) is 0. The molecule has 1 aromatic carbocycles. The lowest BCUT2D eigenvalue weighted by atomic mass is 10.0. The molecule has 98 valence electrons. The van der Waals surface area contributed by atoms with Gasteiger partial charge in [0.2, 0.25) is 0 Å². The molecule has 5 nitrogen and oxygen atoms in total. The number of carbonyl (C=O) groups is 1. The molecule has 6 heteroatoms. The zero-order chi connectivity index (χ0) is 13.6. The Morgan fingerprint density at radius 1 is 1.28 bits per heavy atom. The topological polar surface area (TPSA) is 66.5 Å². The van der Waals surface area contributed by atoms with Crippen molar-refractivity contribution in [1.29, 1.82) is 0 Å². The summed E-state index contributed by atoms with van der Waals surface area (Å²) in [7, 11) is -2.01. The molecule has 0 radical (unpaired) electrons. The van der Waals surface area contributed by atoms with Gasteiger partial charge in [0.05, 0.1) is 11.1 Å². The van der Waals surface area contributed by atoms with E-state index in [1.165, 1.54) is 6.07 Å². The minimum absolute atomic E-state index is 0.0965. The number of likely N-dealkylation sites (N-methyl/N-ethyl adjacent to an activating group) is 1. The maximum Gasteiger partial charge on any atom is 0.269 e. The van der Waals surface area contributed by atoms with Gasteiger partial charge in [0.25, 0.3) is 15.9 Å². The standard InChI is InChI=1S/C12H16N2O3S/c1-12(2,8-13-3)14-11(15)9-6-4-5-7-10(9)18(14,16)17/h4-7,13H,8H2,1-3H3. The molecule has 0 saturated heterocycles. The summed E-state index contributed by atoms with van der Waals surface area (Å²) in [4.78, 5) is 12.3. The Balaban J connectivity index is 2.59. The molecule has 0 saturated carbocycles. The van der Waals surface area contributed by atoms with E-state index in [1.807, 2.05) is 0 Å². The number of rotatable bonds is 3. The van der Waals surface area contributed by atoms with E-state index in [0.29, 0.717) is 6.54 Å². The minimum Gasteiger partial charge on any atom is -0.317 e. The van der Waals surface area contributed by atoms with Crippen LogP contribution in [0.15, 0.2) is 29.2 Å². The number of nitrogens with zero attached hydrogens (tertiary/aromatic N) is 1. The van der Waals surface area contributed by atoms with Gasteiger partial charge < -0.3 is 5.32 Å². The van der Waals surface area contributed by atoms with Crippen molar-refractivity contribution in [2.24, 2.45) is 0 Å². The molecule has 0 atom stereocenters. The predicted octanol–water partition coefficient (Wildman–Crippen LogP) is 0.829. The summed E-state index contributed by atoms with van der Waals surface area (Å²) in [5, 5.41) is 2.91. The fourth-order valence-electron chi connectivity index (χ4n) is 2.29. The summed E-state index contributed by atoms with van der Waals surface area (Å²) >= 11 is 0. The van der Waals surface area contributed by atoms with Gasteiger partial charge in [-0.05, 0) is 33.0 Å². The van der Waals surface area contributed by atoms with E-state index in [0.717, 1.165) is 4.31 Å². The van der Waals surface area contributed by atoms with Crippen molar-refractivity contribution in [2.75, 3.05) is 13.6 Å². The van der Waals surface area contributed by atoms with Crippen LogP contribution < -0.4 is 5.32 Å². The van der Waals surface area contributed by atoms with Crippen LogP contribution in [0.1, 0.15) is 24.2 Å². The lowest BCUT2D eigenvalue weighted by molar-refractivity contribution is 0.0771. The molecule has 18 heavy (non-hydrogen) atoms. The molecule has 1 heterocycles. The fraction of sp³-hybridized carbons (Fsp3) is 0.417. The second kappa shape index (κ2) is 4.07. The minimum atomic E-state index is -3.73. The van der Waals surface area contributed by atoms with Crippen molar-refractivity contribution in [3.05, 3.63) is 29.8 Å². The third-order valence-corrected chi connectivity index (χ3v) is 5.03. The van der Waals surface area contributed by atoms with Gasteiger partial charge in [-0.3, -0.25) is 4.79 Å². The number of hydrogen-bond donors (Lipinski definition) is 1. The van der Waals surface area contributed by atoms with Crippen LogP contribution in [-0.4, -0.2) is 37.8 Å². The van der Waals surface area contributed by atoms with Crippen LogP contribution in [0.5, 0.6) is 0 Å². The lowest BCUT2D eigenvalue weighted by Gasteiger charge is -2.33. The number of carbonyl (C=O) groups excluding carboxylic acids is 1. The Bertz CT molecular complexity index is 593. The summed E-state index contributed by atoms with van der Waals surface area (Å²) in [5.41, 5.74) is -0.550. The van der Waals surface area contributed by atoms with Crippen LogP contribution in [0.4, 0.5) is 0 Å². The van der Waals surface area contributed by atoms with Crippen LogP contribution in [0.25, 0.3) is 0 Å². The molecule has 0 bridgehead atoms. The average molecular weight is 268 g/mol. The van der Waals surface area contributed by atoms with Gasteiger partial charge in [0.15, 0.2) is 0 Å². The molecular formula is C12H16N2O3S. The second-order valence-corrected chi connectivity index (χ2v) is 6.67. The molecule has 1 amide bonds. The van der Waals surface area contributed by atoms with Gasteiger partial charge in [-0.15, -0.1) is 0 Å². The SMILES string of the molecule is CNCC(C)(C)N1C(=O)c2ccccc2S1(=O)=O. The normalized spacial score (nSPS) is 17.9. The van der Waals surface area contributed by atoms with Crippen LogP contribution in [0.2, 0.25) is 0 Å². The highest BCUT2D eigenvalue weighted by molar-refractivity contribution is 7.90. The fourth-order valence-corrected chi connectivity index (χ4v) is 4.20. The number of amides is 1. The van der Waals surface area contributed by atoms with Gasteiger partial charge in [-0.1, -0.05) is 12.1 Å². The Hall–Kier alpha value is -1.40. The summed E-state index contributed by atoms with van der Waals surface area (Å²) in [6.45, 7) is 3.85. The van der Waals surface area contributed by atoms with Gasteiger partial charge in [0, 0.05) is 6.54 Å². The van der Waals surface area contributed by atoms with E-state index in [1.54, 1.807) is 39.1 Å². The number of fused-ring (bicyclic) bond motifs is 1. The predicted molar refractivity (Wildman–Crippen MR) is 67.8 cm³/mol. The third-order valence-electron chi connectivity index (χ3n) is 2.98. The monoisotopic (exact) mass is 268 g/mol. The van der Waals surface area contributed by atoms with E-state index in [2.05, 4.69) is 5.32 Å². The van der Waals surface area contributed by atoms with E-state index >= 15 is 0 Å². The molecule has 2 rings (SSSR count). The smallest absolute Gasteiger partial charge is 0.269 e. The second-order valence-electron chi connectivity index (χ2n) is 4.91. The number of sulfonamides is 1. The van der Waals surface area contributed by atoms with E-state index < -0.39 is 21.5 Å². The third kappa shape index (κ3) is 1.72. The van der Waals surface area contributed by atoms with E-state index in [-0.39, 0.29) is 10.5 Å². The first kappa shape index (κ1) is 13.0. The molecule has 0 aromatic heterocycles. The Kier molecular flexibility index (Phi) is 2.95. The maximum atomic E-state index is 12.4. The van der Waals surface area contributed by atoms with Crippen molar-refractivity contribution in [1.82, 2.24) is 9.62 Å². The summed E-state index contributed by atoms with van der Waals surface area (Å²) in [5.74, 6) is -0.453. The molecule has 0 fully saturated rings. The Morgan fingerprint density at radius 2 is 1.89 bits per heavy atom.